The first-order valence-corrected chi connectivity index (χ1v) is 8.67. The fraction of sp³-hybridized carbons (Fsp3) is 0.714. The van der Waals surface area contributed by atoms with Crippen molar-refractivity contribution in [2.75, 3.05) is 12.4 Å². The average Bonchev–Trinajstić information content (AvgIpc) is 2.41. The summed E-state index contributed by atoms with van der Waals surface area (Å²) in [6.07, 6.45) is 1.43. The van der Waals surface area contributed by atoms with E-state index in [0.717, 1.165) is 6.42 Å². The largest absolute Gasteiger partial charge is 0.479 e. The van der Waals surface area contributed by atoms with Crippen molar-refractivity contribution in [3.63, 3.8) is 0 Å². The number of carbonyl (C=O) groups is 3. The third-order valence-electron chi connectivity index (χ3n) is 3.48. The second-order valence-electron chi connectivity index (χ2n) is 5.53. The van der Waals surface area contributed by atoms with Crippen LogP contribution >= 0.6 is 24.0 Å². The summed E-state index contributed by atoms with van der Waals surface area (Å²) in [5.74, 6) is -0.215. The monoisotopic (exact) mass is 346 g/mol. The van der Waals surface area contributed by atoms with Crippen molar-refractivity contribution in [3.8, 4) is 0 Å². The zero-order valence-electron chi connectivity index (χ0n) is 13.1. The van der Waals surface area contributed by atoms with Crippen LogP contribution in [0.15, 0.2) is 0 Å². The van der Waals surface area contributed by atoms with Gasteiger partial charge in [-0.15, -0.1) is 0 Å². The average molecular weight is 346 g/mol. The Kier molecular flexibility index (Phi) is 7.28. The summed E-state index contributed by atoms with van der Waals surface area (Å²) < 4.78 is 5.57. The van der Waals surface area contributed by atoms with Gasteiger partial charge in [0.1, 0.15) is 5.41 Å². The highest BCUT2D eigenvalue weighted by atomic mass is 32.2. The van der Waals surface area contributed by atoms with Crippen LogP contribution < -0.4 is 10.6 Å². The smallest absolute Gasteiger partial charge is 0.328 e. The highest BCUT2D eigenvalue weighted by Crippen LogP contribution is 2.34. The van der Waals surface area contributed by atoms with Gasteiger partial charge in [0.05, 0.1) is 6.61 Å². The summed E-state index contributed by atoms with van der Waals surface area (Å²) >= 11 is 6.32. The molecule has 2 N–H and O–H groups in total. The van der Waals surface area contributed by atoms with E-state index in [4.69, 9.17) is 17.0 Å². The number of ether oxygens (including phenoxy) is 1. The summed E-state index contributed by atoms with van der Waals surface area (Å²) in [4.78, 5) is 35.8. The molecular formula is C14H22N2O4S2. The summed E-state index contributed by atoms with van der Waals surface area (Å²) in [7, 11) is 0. The molecule has 1 saturated heterocycles. The maximum atomic E-state index is 12.3. The quantitative estimate of drug-likeness (QED) is 0.543. The minimum absolute atomic E-state index is 0.308. The summed E-state index contributed by atoms with van der Waals surface area (Å²) in [6, 6.07) is -0.757. The molecule has 0 aromatic carbocycles. The number of thioether (sulfide) groups is 1. The van der Waals surface area contributed by atoms with E-state index in [-0.39, 0.29) is 0 Å². The van der Waals surface area contributed by atoms with Crippen LogP contribution in [0.5, 0.6) is 0 Å². The predicted molar refractivity (Wildman–Crippen MR) is 89.5 cm³/mol. The molecule has 0 unspecified atom stereocenters. The van der Waals surface area contributed by atoms with Crippen LogP contribution in [-0.2, 0) is 14.3 Å². The van der Waals surface area contributed by atoms with Gasteiger partial charge in [0.2, 0.25) is 16.2 Å². The van der Waals surface area contributed by atoms with Crippen LogP contribution in [0.3, 0.4) is 0 Å². The Labute approximate surface area is 140 Å². The van der Waals surface area contributed by atoms with Crippen LogP contribution in [-0.4, -0.2) is 34.6 Å². The van der Waals surface area contributed by atoms with E-state index in [9.17, 15) is 14.4 Å². The van der Waals surface area contributed by atoms with Gasteiger partial charge < -0.3 is 4.74 Å². The number of hydrogen-bond donors (Lipinski definition) is 2. The number of carbonyl (C=O) groups excluding carboxylic acids is 3. The van der Waals surface area contributed by atoms with E-state index >= 15 is 0 Å². The number of rotatable bonds is 7. The molecule has 0 bridgehead atoms. The number of thiocarbonyl (C=S) groups is 1. The number of barbiturate groups is 1. The Hall–Kier alpha value is -1.15. The van der Waals surface area contributed by atoms with Gasteiger partial charge in [-0.25, -0.2) is 4.79 Å². The van der Waals surface area contributed by atoms with Crippen LogP contribution in [0.2, 0.25) is 0 Å². The molecule has 1 fully saturated rings. The zero-order valence-corrected chi connectivity index (χ0v) is 14.7. The first-order valence-electron chi connectivity index (χ1n) is 7.28. The van der Waals surface area contributed by atoms with Crippen molar-refractivity contribution >= 4 is 46.2 Å². The SMILES string of the molecule is CCOC(=S)SCCC1(CCC(C)C)C(=O)NC(=O)NC1=O. The molecule has 22 heavy (non-hydrogen) atoms. The van der Waals surface area contributed by atoms with E-state index in [0.29, 0.717) is 35.5 Å². The van der Waals surface area contributed by atoms with E-state index < -0.39 is 23.3 Å². The van der Waals surface area contributed by atoms with Gasteiger partial charge in [-0.2, -0.15) is 0 Å². The van der Waals surface area contributed by atoms with Crippen molar-refractivity contribution in [2.24, 2.45) is 11.3 Å². The molecule has 1 heterocycles. The van der Waals surface area contributed by atoms with Gasteiger partial charge in [-0.3, -0.25) is 20.2 Å². The fourth-order valence-corrected chi connectivity index (χ4v) is 3.35. The van der Waals surface area contributed by atoms with Crippen molar-refractivity contribution in [1.29, 1.82) is 0 Å². The Morgan fingerprint density at radius 1 is 1.23 bits per heavy atom. The summed E-state index contributed by atoms with van der Waals surface area (Å²) in [6.45, 7) is 6.37. The molecule has 0 radical (unpaired) electrons. The highest BCUT2D eigenvalue weighted by molar-refractivity contribution is 8.22. The van der Waals surface area contributed by atoms with E-state index in [1.165, 1.54) is 11.8 Å². The van der Waals surface area contributed by atoms with Gasteiger partial charge in [-0.1, -0.05) is 25.6 Å². The molecule has 0 aromatic rings. The molecule has 1 rings (SSSR count). The minimum Gasteiger partial charge on any atom is -0.479 e. The summed E-state index contributed by atoms with van der Waals surface area (Å²) in [5, 5.41) is 4.41. The lowest BCUT2D eigenvalue weighted by Gasteiger charge is -2.34. The maximum absolute atomic E-state index is 12.3. The lowest BCUT2D eigenvalue weighted by Crippen LogP contribution is -2.62. The number of imide groups is 2. The molecule has 0 saturated carbocycles. The molecule has 4 amide bonds. The van der Waals surface area contributed by atoms with Crippen LogP contribution in [0.1, 0.15) is 40.0 Å². The van der Waals surface area contributed by atoms with Gasteiger partial charge >= 0.3 is 6.03 Å². The minimum atomic E-state index is -1.22. The van der Waals surface area contributed by atoms with E-state index in [1.54, 1.807) is 0 Å². The Balaban J connectivity index is 2.78. The van der Waals surface area contributed by atoms with E-state index in [2.05, 4.69) is 10.6 Å². The van der Waals surface area contributed by atoms with Crippen LogP contribution in [0, 0.1) is 11.3 Å². The Morgan fingerprint density at radius 3 is 2.32 bits per heavy atom. The second-order valence-corrected chi connectivity index (χ2v) is 7.23. The lowest BCUT2D eigenvalue weighted by molar-refractivity contribution is -0.145. The van der Waals surface area contributed by atoms with Crippen molar-refractivity contribution in [2.45, 2.75) is 40.0 Å². The Bertz CT molecular complexity index is 446. The second kappa shape index (κ2) is 8.47. The molecule has 0 spiro atoms. The van der Waals surface area contributed by atoms with Crippen LogP contribution in [0.25, 0.3) is 0 Å². The predicted octanol–water partition coefficient (Wildman–Crippen LogP) is 2.22. The van der Waals surface area contributed by atoms with Crippen LogP contribution in [0.4, 0.5) is 4.79 Å². The van der Waals surface area contributed by atoms with E-state index in [1.807, 2.05) is 20.8 Å². The molecule has 0 aliphatic carbocycles. The number of urea groups is 1. The molecule has 8 heteroatoms. The molecule has 124 valence electrons. The third kappa shape index (κ3) is 4.95. The topological polar surface area (TPSA) is 84.5 Å². The van der Waals surface area contributed by atoms with Gasteiger partial charge in [0, 0.05) is 5.75 Å². The molecular weight excluding hydrogens is 324 g/mol. The van der Waals surface area contributed by atoms with Crippen molar-refractivity contribution in [3.05, 3.63) is 0 Å². The molecule has 0 atom stereocenters. The number of nitrogens with one attached hydrogen (secondary N) is 2. The molecule has 0 aromatic heterocycles. The first kappa shape index (κ1) is 18.9. The number of hydrogen-bond acceptors (Lipinski definition) is 6. The lowest BCUT2D eigenvalue weighted by atomic mass is 9.76. The van der Waals surface area contributed by atoms with Crippen molar-refractivity contribution in [1.82, 2.24) is 10.6 Å². The maximum Gasteiger partial charge on any atom is 0.328 e. The normalized spacial score (nSPS) is 17.2. The molecule has 1 aliphatic heterocycles. The highest BCUT2D eigenvalue weighted by Gasteiger charge is 2.49. The van der Waals surface area contributed by atoms with Gasteiger partial charge in [-0.05, 0) is 44.3 Å². The standard InChI is InChI=1S/C14H22N2O4S2/c1-4-20-13(21)22-8-7-14(6-5-9(2)3)10(17)15-12(19)16-11(14)18/h9H,4-8H2,1-3H3,(H2,15,16,17,18,19). The number of amides is 4. The first-order chi connectivity index (χ1) is 10.3. The summed E-state index contributed by atoms with van der Waals surface area (Å²) in [5.41, 5.74) is -1.22. The van der Waals surface area contributed by atoms with Gasteiger partial charge in [0.25, 0.3) is 0 Å². The molecule has 6 nitrogen and oxygen atoms in total. The van der Waals surface area contributed by atoms with Gasteiger partial charge in [0.15, 0.2) is 0 Å². The Morgan fingerprint density at radius 2 is 1.82 bits per heavy atom. The molecule has 1 aliphatic rings. The fourth-order valence-electron chi connectivity index (χ4n) is 2.16. The van der Waals surface area contributed by atoms with Crippen molar-refractivity contribution < 1.29 is 19.1 Å². The third-order valence-corrected chi connectivity index (χ3v) is 4.72. The zero-order chi connectivity index (χ0) is 16.8.